The van der Waals surface area contributed by atoms with Crippen LogP contribution in [0.25, 0.3) is 27.4 Å². The molecule has 162 valence electrons. The quantitative estimate of drug-likeness (QED) is 0.307. The third-order valence-electron chi connectivity index (χ3n) is 7.34. The molecule has 34 heavy (non-hydrogen) atoms. The summed E-state index contributed by atoms with van der Waals surface area (Å²) < 4.78 is 2.53. The molecule has 4 aromatic rings. The van der Waals surface area contributed by atoms with Crippen molar-refractivity contribution < 1.29 is 0 Å². The van der Waals surface area contributed by atoms with Gasteiger partial charge < -0.3 is 4.57 Å². The van der Waals surface area contributed by atoms with E-state index in [4.69, 9.17) is 0 Å². The standard InChI is InChI=1S/C31H22N2S/c32-19-20-13-15-25-26-16-14-21(18-31(26)34-30(25)17-20)22-7-1-4-10-27(22)33-28-11-5-2-8-23(28)24-9-3-6-12-29(24)33/h1-9,11-18,25,27,30H,10H2. The van der Waals surface area contributed by atoms with Gasteiger partial charge in [-0.05, 0) is 47.4 Å². The predicted molar refractivity (Wildman–Crippen MR) is 142 cm³/mol. The number of hydrogen-bond acceptors (Lipinski definition) is 2. The topological polar surface area (TPSA) is 28.7 Å². The molecule has 7 rings (SSSR count). The third-order valence-corrected chi connectivity index (χ3v) is 8.65. The lowest BCUT2D eigenvalue weighted by atomic mass is 9.87. The lowest BCUT2D eigenvalue weighted by Gasteiger charge is -2.26. The lowest BCUT2D eigenvalue weighted by Crippen LogP contribution is -2.12. The van der Waals surface area contributed by atoms with Crippen molar-refractivity contribution in [3.63, 3.8) is 0 Å². The Morgan fingerprint density at radius 2 is 1.71 bits per heavy atom. The summed E-state index contributed by atoms with van der Waals surface area (Å²) in [5.41, 5.74) is 7.37. The van der Waals surface area contributed by atoms with Gasteiger partial charge in [0, 0.05) is 43.4 Å². The van der Waals surface area contributed by atoms with E-state index in [1.165, 1.54) is 43.4 Å². The van der Waals surface area contributed by atoms with Crippen LogP contribution < -0.4 is 0 Å². The second-order valence-electron chi connectivity index (χ2n) is 9.16. The van der Waals surface area contributed by atoms with Gasteiger partial charge in [0.2, 0.25) is 0 Å². The first kappa shape index (κ1) is 19.7. The fourth-order valence-corrected chi connectivity index (χ4v) is 7.22. The van der Waals surface area contributed by atoms with Gasteiger partial charge >= 0.3 is 0 Å². The Morgan fingerprint density at radius 1 is 0.941 bits per heavy atom. The fourth-order valence-electron chi connectivity index (χ4n) is 5.79. The molecule has 1 aromatic heterocycles. The molecule has 3 aliphatic rings. The van der Waals surface area contributed by atoms with Crippen molar-refractivity contribution in [3.05, 3.63) is 120 Å². The van der Waals surface area contributed by atoms with E-state index >= 15 is 0 Å². The number of nitriles is 1. The minimum atomic E-state index is 0.242. The monoisotopic (exact) mass is 454 g/mol. The van der Waals surface area contributed by atoms with Crippen LogP contribution in [0.5, 0.6) is 0 Å². The van der Waals surface area contributed by atoms with Crippen LogP contribution in [0.1, 0.15) is 29.5 Å². The molecule has 2 nitrogen and oxygen atoms in total. The smallest absolute Gasteiger partial charge is 0.0988 e. The van der Waals surface area contributed by atoms with Crippen molar-refractivity contribution in [1.82, 2.24) is 4.57 Å². The largest absolute Gasteiger partial charge is 0.332 e. The van der Waals surface area contributed by atoms with E-state index in [2.05, 4.69) is 108 Å². The van der Waals surface area contributed by atoms with Gasteiger partial charge in [0.15, 0.2) is 0 Å². The Balaban J connectivity index is 1.34. The molecule has 3 heteroatoms. The Hall–Kier alpha value is -3.74. The van der Waals surface area contributed by atoms with Crippen LogP contribution >= 0.6 is 11.8 Å². The zero-order valence-electron chi connectivity index (χ0n) is 18.6. The van der Waals surface area contributed by atoms with E-state index in [1.807, 2.05) is 17.8 Å². The van der Waals surface area contributed by atoms with E-state index in [0.717, 1.165) is 12.0 Å². The first-order valence-corrected chi connectivity index (χ1v) is 12.7. The second kappa shape index (κ2) is 7.65. The first-order chi connectivity index (χ1) is 16.8. The highest BCUT2D eigenvalue weighted by atomic mass is 32.2. The van der Waals surface area contributed by atoms with E-state index in [1.54, 1.807) is 0 Å². The van der Waals surface area contributed by atoms with Crippen molar-refractivity contribution in [2.75, 3.05) is 0 Å². The van der Waals surface area contributed by atoms with E-state index in [0.29, 0.717) is 11.2 Å². The number of benzene rings is 3. The number of aromatic nitrogens is 1. The molecule has 0 N–H and O–H groups in total. The van der Waals surface area contributed by atoms with Crippen LogP contribution in [0, 0.1) is 11.3 Å². The third kappa shape index (κ3) is 2.89. The molecular formula is C31H22N2S. The maximum Gasteiger partial charge on any atom is 0.0988 e. The van der Waals surface area contributed by atoms with Gasteiger partial charge in [-0.15, -0.1) is 11.8 Å². The van der Waals surface area contributed by atoms with Gasteiger partial charge in [0.25, 0.3) is 0 Å². The van der Waals surface area contributed by atoms with Crippen LogP contribution in [0.15, 0.2) is 114 Å². The van der Waals surface area contributed by atoms with Crippen molar-refractivity contribution in [3.8, 4) is 6.07 Å². The Bertz CT molecular complexity index is 1590. The number of allylic oxidation sites excluding steroid dienone is 7. The molecule has 2 heterocycles. The summed E-state index contributed by atoms with van der Waals surface area (Å²) in [7, 11) is 0. The summed E-state index contributed by atoms with van der Waals surface area (Å²) >= 11 is 1.89. The van der Waals surface area contributed by atoms with Crippen LogP contribution in [0.3, 0.4) is 0 Å². The zero-order chi connectivity index (χ0) is 22.6. The maximum atomic E-state index is 9.32. The van der Waals surface area contributed by atoms with E-state index in [9.17, 15) is 5.26 Å². The molecular weight excluding hydrogens is 432 g/mol. The Labute approximate surface area is 203 Å². The van der Waals surface area contributed by atoms with Gasteiger partial charge in [0.05, 0.1) is 12.1 Å². The maximum absolute atomic E-state index is 9.32. The predicted octanol–water partition coefficient (Wildman–Crippen LogP) is 7.96. The molecule has 0 fully saturated rings. The molecule has 3 unspecified atom stereocenters. The molecule has 3 aromatic carbocycles. The number of thioether (sulfide) groups is 1. The summed E-state index contributed by atoms with van der Waals surface area (Å²) in [6, 6.07) is 27.0. The molecule has 0 spiro atoms. The highest BCUT2D eigenvalue weighted by molar-refractivity contribution is 8.00. The highest BCUT2D eigenvalue weighted by Gasteiger charge is 2.33. The minimum Gasteiger partial charge on any atom is -0.332 e. The molecule has 2 aliphatic carbocycles. The lowest BCUT2D eigenvalue weighted by molar-refractivity contribution is 0.665. The van der Waals surface area contributed by atoms with Crippen LogP contribution in [0.2, 0.25) is 0 Å². The molecule has 1 aliphatic heterocycles. The second-order valence-corrected chi connectivity index (χ2v) is 10.4. The molecule has 0 radical (unpaired) electrons. The Kier molecular flexibility index (Phi) is 4.43. The normalized spacial score (nSPS) is 22.9. The SMILES string of the molecule is N#CC1=CC2Sc3cc(C4=CC=CCC4n4c5ccccc5c5ccccc54)ccc3C2C=C1. The summed E-state index contributed by atoms with van der Waals surface area (Å²) in [4.78, 5) is 1.34. The van der Waals surface area contributed by atoms with Gasteiger partial charge in [-0.3, -0.25) is 0 Å². The molecule has 3 atom stereocenters. The van der Waals surface area contributed by atoms with Gasteiger partial charge in [0.1, 0.15) is 0 Å². The summed E-state index contributed by atoms with van der Waals surface area (Å²) in [6.07, 6.45) is 14.0. The Morgan fingerprint density at radius 3 is 2.47 bits per heavy atom. The summed E-state index contributed by atoms with van der Waals surface area (Å²) in [5.74, 6) is 0.361. The van der Waals surface area contributed by atoms with Gasteiger partial charge in [-0.2, -0.15) is 5.26 Å². The zero-order valence-corrected chi connectivity index (χ0v) is 19.4. The number of nitrogens with zero attached hydrogens (tertiary/aromatic N) is 2. The van der Waals surface area contributed by atoms with Crippen molar-refractivity contribution in [2.45, 2.75) is 28.5 Å². The average molecular weight is 455 g/mol. The molecule has 0 bridgehead atoms. The van der Waals surface area contributed by atoms with E-state index in [-0.39, 0.29) is 6.04 Å². The van der Waals surface area contributed by atoms with Crippen molar-refractivity contribution in [1.29, 1.82) is 5.26 Å². The summed E-state index contributed by atoms with van der Waals surface area (Å²) in [6.45, 7) is 0. The van der Waals surface area contributed by atoms with Crippen LogP contribution in [-0.2, 0) is 0 Å². The van der Waals surface area contributed by atoms with Crippen LogP contribution in [0.4, 0.5) is 0 Å². The van der Waals surface area contributed by atoms with Gasteiger partial charge in [-0.25, -0.2) is 0 Å². The number of para-hydroxylation sites is 2. The number of rotatable bonds is 2. The summed E-state index contributed by atoms with van der Waals surface area (Å²) in [5, 5.41) is 12.3. The first-order valence-electron chi connectivity index (χ1n) is 11.8. The average Bonchev–Trinajstić information content (AvgIpc) is 3.43. The van der Waals surface area contributed by atoms with Crippen molar-refractivity contribution >= 4 is 39.1 Å². The van der Waals surface area contributed by atoms with Crippen molar-refractivity contribution in [2.24, 2.45) is 0 Å². The van der Waals surface area contributed by atoms with Crippen LogP contribution in [-0.4, -0.2) is 9.82 Å². The fraction of sp³-hybridized carbons (Fsp3) is 0.129. The highest BCUT2D eigenvalue weighted by Crippen LogP contribution is 2.50. The minimum absolute atomic E-state index is 0.242. The van der Waals surface area contributed by atoms with E-state index < -0.39 is 0 Å². The molecule has 0 saturated heterocycles. The molecule has 0 amide bonds. The number of hydrogen-bond donors (Lipinski definition) is 0. The number of fused-ring (bicyclic) bond motifs is 6. The molecule has 0 saturated carbocycles. The van der Waals surface area contributed by atoms with Gasteiger partial charge in [-0.1, -0.05) is 78.9 Å².